The third-order valence-electron chi connectivity index (χ3n) is 8.28. The molecule has 0 unspecified atom stereocenters. The fourth-order valence-corrected chi connectivity index (χ4v) is 6.23. The lowest BCUT2D eigenvalue weighted by Crippen LogP contribution is -2.26. The molecule has 0 radical (unpaired) electrons. The molecule has 1 aromatic carbocycles. The van der Waals surface area contributed by atoms with Crippen LogP contribution in [0.4, 0.5) is 22.0 Å². The maximum Gasteiger partial charge on any atom is 0.422 e. The van der Waals surface area contributed by atoms with E-state index in [1.54, 1.807) is 0 Å². The molecule has 3 rings (SSSR count). The molecule has 2 aliphatic carbocycles. The first-order valence-electron chi connectivity index (χ1n) is 13.5. The Morgan fingerprint density at radius 3 is 1.76 bits per heavy atom. The van der Waals surface area contributed by atoms with Crippen LogP contribution in [0.1, 0.15) is 108 Å². The smallest absolute Gasteiger partial charge is 0.206 e. The van der Waals surface area contributed by atoms with E-state index >= 15 is 0 Å². The number of rotatable bonds is 10. The Hall–Kier alpha value is -1.39. The van der Waals surface area contributed by atoms with Gasteiger partial charge in [0.2, 0.25) is 0 Å². The quantitative estimate of drug-likeness (QED) is 0.176. The van der Waals surface area contributed by atoms with Crippen LogP contribution in [-0.2, 0) is 12.6 Å². The second kappa shape index (κ2) is 13.1. The number of aryl methyl sites for hydroxylation is 1. The summed E-state index contributed by atoms with van der Waals surface area (Å²) in [5, 5.41) is 0. The molecular formula is C29H41F5. The molecule has 0 spiro atoms. The predicted octanol–water partition coefficient (Wildman–Crippen LogP) is 10.1. The molecule has 2 fully saturated rings. The number of hydrogen-bond acceptors (Lipinski definition) is 0. The molecule has 2 saturated carbocycles. The van der Waals surface area contributed by atoms with Crippen molar-refractivity contribution in [1.82, 2.24) is 0 Å². The van der Waals surface area contributed by atoms with E-state index in [4.69, 9.17) is 0 Å². The monoisotopic (exact) mass is 484 g/mol. The molecule has 192 valence electrons. The van der Waals surface area contributed by atoms with Crippen molar-refractivity contribution >= 4 is 0 Å². The predicted molar refractivity (Wildman–Crippen MR) is 128 cm³/mol. The van der Waals surface area contributed by atoms with Crippen LogP contribution in [0, 0.1) is 35.3 Å². The highest BCUT2D eigenvalue weighted by molar-refractivity contribution is 5.28. The SMILES string of the molecule is CCC/C=C/CCCC1CCC(C2CCC(CCc3cc(F)c(C(F)(F)F)c(F)c3)CC2)CC1. The van der Waals surface area contributed by atoms with Crippen LogP contribution in [0.25, 0.3) is 0 Å². The maximum absolute atomic E-state index is 13.8. The first-order valence-corrected chi connectivity index (χ1v) is 13.5. The van der Waals surface area contributed by atoms with Gasteiger partial charge >= 0.3 is 6.18 Å². The van der Waals surface area contributed by atoms with Crippen molar-refractivity contribution in [1.29, 1.82) is 0 Å². The summed E-state index contributed by atoms with van der Waals surface area (Å²) in [4.78, 5) is 0. The summed E-state index contributed by atoms with van der Waals surface area (Å²) < 4.78 is 65.9. The van der Waals surface area contributed by atoms with Crippen molar-refractivity contribution in [2.24, 2.45) is 23.7 Å². The number of hydrogen-bond donors (Lipinski definition) is 0. The molecule has 34 heavy (non-hydrogen) atoms. The third kappa shape index (κ3) is 8.09. The average Bonchev–Trinajstić information content (AvgIpc) is 2.79. The van der Waals surface area contributed by atoms with Crippen molar-refractivity contribution in [2.75, 3.05) is 0 Å². The van der Waals surface area contributed by atoms with Crippen molar-refractivity contribution in [3.8, 4) is 0 Å². The van der Waals surface area contributed by atoms with E-state index in [9.17, 15) is 22.0 Å². The molecule has 0 saturated heterocycles. The van der Waals surface area contributed by atoms with Crippen LogP contribution in [-0.4, -0.2) is 0 Å². The van der Waals surface area contributed by atoms with Crippen molar-refractivity contribution in [2.45, 2.75) is 109 Å². The molecule has 0 aliphatic heterocycles. The molecule has 0 N–H and O–H groups in total. The zero-order chi connectivity index (χ0) is 24.6. The highest BCUT2D eigenvalue weighted by atomic mass is 19.4. The summed E-state index contributed by atoms with van der Waals surface area (Å²) in [6, 6.07) is 1.72. The van der Waals surface area contributed by atoms with Crippen molar-refractivity contribution in [3.05, 3.63) is 47.0 Å². The highest BCUT2D eigenvalue weighted by Gasteiger charge is 2.38. The van der Waals surface area contributed by atoms with Crippen LogP contribution in [0.3, 0.4) is 0 Å². The van der Waals surface area contributed by atoms with E-state index in [0.29, 0.717) is 17.9 Å². The highest BCUT2D eigenvalue weighted by Crippen LogP contribution is 2.43. The first-order chi connectivity index (χ1) is 16.3. The van der Waals surface area contributed by atoms with E-state index in [1.165, 1.54) is 70.6 Å². The molecule has 0 heterocycles. The second-order valence-corrected chi connectivity index (χ2v) is 10.7. The second-order valence-electron chi connectivity index (χ2n) is 10.7. The number of halogens is 5. The number of alkyl halides is 3. The van der Waals surface area contributed by atoms with Gasteiger partial charge in [-0.05, 0) is 99.2 Å². The van der Waals surface area contributed by atoms with Gasteiger partial charge in [0.05, 0.1) is 0 Å². The third-order valence-corrected chi connectivity index (χ3v) is 8.28. The Labute approximate surface area is 202 Å². The van der Waals surface area contributed by atoms with Gasteiger partial charge in [-0.3, -0.25) is 0 Å². The summed E-state index contributed by atoms with van der Waals surface area (Å²) in [7, 11) is 0. The fourth-order valence-electron chi connectivity index (χ4n) is 6.23. The average molecular weight is 485 g/mol. The van der Waals surface area contributed by atoms with Gasteiger partial charge in [0.1, 0.15) is 17.2 Å². The van der Waals surface area contributed by atoms with Crippen LogP contribution in [0.5, 0.6) is 0 Å². The molecule has 2 aliphatic rings. The van der Waals surface area contributed by atoms with Gasteiger partial charge in [0.15, 0.2) is 0 Å². The largest absolute Gasteiger partial charge is 0.422 e. The Morgan fingerprint density at radius 1 is 0.765 bits per heavy atom. The van der Waals surface area contributed by atoms with E-state index in [0.717, 1.165) is 49.1 Å². The van der Waals surface area contributed by atoms with Gasteiger partial charge < -0.3 is 0 Å². The van der Waals surface area contributed by atoms with Crippen LogP contribution >= 0.6 is 0 Å². The molecule has 1 aromatic rings. The Balaban J connectivity index is 1.35. The van der Waals surface area contributed by atoms with Gasteiger partial charge in [-0.1, -0.05) is 57.6 Å². The van der Waals surface area contributed by atoms with E-state index in [1.807, 2.05) is 0 Å². The van der Waals surface area contributed by atoms with Gasteiger partial charge in [-0.2, -0.15) is 13.2 Å². The van der Waals surface area contributed by atoms with Crippen LogP contribution in [0.2, 0.25) is 0 Å². The Kier molecular flexibility index (Phi) is 10.5. The normalized spacial score (nSPS) is 26.3. The molecule has 0 amide bonds. The summed E-state index contributed by atoms with van der Waals surface area (Å²) >= 11 is 0. The fraction of sp³-hybridized carbons (Fsp3) is 0.724. The van der Waals surface area contributed by atoms with E-state index in [2.05, 4.69) is 19.1 Å². The number of unbranched alkanes of at least 4 members (excludes halogenated alkanes) is 2. The zero-order valence-corrected chi connectivity index (χ0v) is 20.6. The van der Waals surface area contributed by atoms with Crippen LogP contribution in [0.15, 0.2) is 24.3 Å². The molecule has 0 atom stereocenters. The molecule has 0 aromatic heterocycles. The van der Waals surface area contributed by atoms with Gasteiger partial charge in [0, 0.05) is 0 Å². The molecule has 0 nitrogen and oxygen atoms in total. The van der Waals surface area contributed by atoms with Gasteiger partial charge in [-0.15, -0.1) is 0 Å². The van der Waals surface area contributed by atoms with Crippen molar-refractivity contribution < 1.29 is 22.0 Å². The van der Waals surface area contributed by atoms with E-state index in [-0.39, 0.29) is 0 Å². The minimum absolute atomic E-state index is 0.323. The summed E-state index contributed by atoms with van der Waals surface area (Å²) in [5.74, 6) is 0.0397. The zero-order valence-electron chi connectivity index (χ0n) is 20.6. The standard InChI is InChI=1S/C29H41F5/c1-2-3-4-5-6-7-8-21-11-15-24(16-12-21)25-17-13-22(14-18-25)9-10-23-19-26(30)28(27(31)20-23)29(32,33)34/h4-5,19-22,24-25H,2-3,6-18H2,1H3/b5-4+. The first kappa shape index (κ1) is 27.2. The molecular weight excluding hydrogens is 443 g/mol. The Bertz CT molecular complexity index is 742. The molecule has 0 bridgehead atoms. The van der Waals surface area contributed by atoms with Crippen LogP contribution < -0.4 is 0 Å². The minimum Gasteiger partial charge on any atom is -0.206 e. The maximum atomic E-state index is 13.8. The lowest BCUT2D eigenvalue weighted by atomic mass is 9.68. The van der Waals surface area contributed by atoms with E-state index < -0.39 is 23.4 Å². The summed E-state index contributed by atoms with van der Waals surface area (Å²) in [6.07, 6.45) is 17.3. The number of allylic oxidation sites excluding steroid dienone is 2. The van der Waals surface area contributed by atoms with Gasteiger partial charge in [0.25, 0.3) is 0 Å². The van der Waals surface area contributed by atoms with Crippen molar-refractivity contribution in [3.63, 3.8) is 0 Å². The summed E-state index contributed by atoms with van der Waals surface area (Å²) in [5.41, 5.74) is -1.46. The van der Waals surface area contributed by atoms with Gasteiger partial charge in [-0.25, -0.2) is 8.78 Å². The topological polar surface area (TPSA) is 0 Å². The lowest BCUT2D eigenvalue weighted by molar-refractivity contribution is -0.142. The lowest BCUT2D eigenvalue weighted by Gasteiger charge is -2.38. The number of benzene rings is 1. The molecule has 5 heteroatoms. The minimum atomic E-state index is -5.00. The Morgan fingerprint density at radius 2 is 1.26 bits per heavy atom. The summed E-state index contributed by atoms with van der Waals surface area (Å²) in [6.45, 7) is 2.21.